The molecule has 1 aromatic rings. The summed E-state index contributed by atoms with van der Waals surface area (Å²) < 4.78 is 10.4. The highest BCUT2D eigenvalue weighted by atomic mass is 16.5. The zero-order chi connectivity index (χ0) is 16.5. The molecule has 126 valence electrons. The number of morpholine rings is 1. The van der Waals surface area contributed by atoms with E-state index >= 15 is 0 Å². The molecule has 1 aliphatic heterocycles. The molecule has 2 rings (SSSR count). The smallest absolute Gasteiger partial charge is 0.220 e. The molecule has 1 saturated heterocycles. The molecule has 1 N–H and O–H groups in total. The maximum Gasteiger partial charge on any atom is 0.220 e. The molecular formula is C17H24N2O4. The number of nitrogens with zero attached hydrogens (tertiary/aromatic N) is 1. The van der Waals surface area contributed by atoms with Crippen LogP contribution in [0, 0.1) is 0 Å². The number of ether oxygens (including phenoxy) is 2. The standard InChI is InChI=1S/C17H24N2O4/c1-22-15-4-2-3-14(13-15)16(20)5-6-17(21)18-7-8-19-9-11-23-12-10-19/h2-4,13H,5-12H2,1H3,(H,18,21). The Morgan fingerprint density at radius 3 is 2.78 bits per heavy atom. The third kappa shape index (κ3) is 6.00. The van der Waals surface area contributed by atoms with Crippen molar-refractivity contribution in [1.82, 2.24) is 10.2 Å². The number of nitrogens with one attached hydrogen (secondary N) is 1. The lowest BCUT2D eigenvalue weighted by atomic mass is 10.1. The number of carbonyl (C=O) groups is 2. The highest BCUT2D eigenvalue weighted by Crippen LogP contribution is 2.14. The number of benzene rings is 1. The van der Waals surface area contributed by atoms with Crippen LogP contribution in [-0.2, 0) is 9.53 Å². The normalized spacial score (nSPS) is 15.2. The van der Waals surface area contributed by atoms with Crippen molar-refractivity contribution in [3.05, 3.63) is 29.8 Å². The molecule has 0 bridgehead atoms. The number of ketones is 1. The molecule has 6 nitrogen and oxygen atoms in total. The van der Waals surface area contributed by atoms with Gasteiger partial charge in [0.25, 0.3) is 0 Å². The predicted molar refractivity (Wildman–Crippen MR) is 86.8 cm³/mol. The van der Waals surface area contributed by atoms with E-state index in [0.717, 1.165) is 32.8 Å². The van der Waals surface area contributed by atoms with E-state index in [4.69, 9.17) is 9.47 Å². The fourth-order valence-corrected chi connectivity index (χ4v) is 2.43. The van der Waals surface area contributed by atoms with Crippen molar-refractivity contribution < 1.29 is 19.1 Å². The summed E-state index contributed by atoms with van der Waals surface area (Å²) in [5, 5.41) is 2.86. The van der Waals surface area contributed by atoms with E-state index in [1.54, 1.807) is 31.4 Å². The van der Waals surface area contributed by atoms with Crippen LogP contribution < -0.4 is 10.1 Å². The van der Waals surface area contributed by atoms with E-state index in [1.807, 2.05) is 0 Å². The SMILES string of the molecule is COc1cccc(C(=O)CCC(=O)NCCN2CCOCC2)c1. The molecule has 0 aliphatic carbocycles. The Morgan fingerprint density at radius 2 is 2.04 bits per heavy atom. The molecule has 0 atom stereocenters. The molecule has 6 heteroatoms. The lowest BCUT2D eigenvalue weighted by Crippen LogP contribution is -2.41. The lowest BCUT2D eigenvalue weighted by Gasteiger charge is -2.26. The van der Waals surface area contributed by atoms with Gasteiger partial charge in [0.05, 0.1) is 20.3 Å². The quantitative estimate of drug-likeness (QED) is 0.727. The van der Waals surface area contributed by atoms with Gasteiger partial charge in [0.2, 0.25) is 5.91 Å². The first-order valence-electron chi connectivity index (χ1n) is 7.93. The van der Waals surface area contributed by atoms with Crippen LogP contribution in [0.15, 0.2) is 24.3 Å². The van der Waals surface area contributed by atoms with Gasteiger partial charge in [-0.3, -0.25) is 14.5 Å². The van der Waals surface area contributed by atoms with E-state index in [-0.39, 0.29) is 24.5 Å². The average Bonchev–Trinajstić information content (AvgIpc) is 2.60. The fraction of sp³-hybridized carbons (Fsp3) is 0.529. The van der Waals surface area contributed by atoms with Gasteiger partial charge in [-0.2, -0.15) is 0 Å². The van der Waals surface area contributed by atoms with Crippen LogP contribution in [0.25, 0.3) is 0 Å². The number of methoxy groups -OCH3 is 1. The van der Waals surface area contributed by atoms with Gasteiger partial charge >= 0.3 is 0 Å². The zero-order valence-electron chi connectivity index (χ0n) is 13.5. The summed E-state index contributed by atoms with van der Waals surface area (Å²) in [5.74, 6) is 0.507. The van der Waals surface area contributed by atoms with Crippen molar-refractivity contribution in [1.29, 1.82) is 0 Å². The van der Waals surface area contributed by atoms with Gasteiger partial charge in [-0.15, -0.1) is 0 Å². The Morgan fingerprint density at radius 1 is 1.26 bits per heavy atom. The summed E-state index contributed by atoms with van der Waals surface area (Å²) in [6.07, 6.45) is 0.412. The number of carbonyl (C=O) groups excluding carboxylic acids is 2. The molecule has 1 fully saturated rings. The van der Waals surface area contributed by atoms with Crippen LogP contribution >= 0.6 is 0 Å². The Balaban J connectivity index is 1.66. The first-order chi connectivity index (χ1) is 11.2. The Kier molecular flexibility index (Phi) is 7.03. The fourth-order valence-electron chi connectivity index (χ4n) is 2.43. The van der Waals surface area contributed by atoms with E-state index in [9.17, 15) is 9.59 Å². The van der Waals surface area contributed by atoms with Gasteiger partial charge in [-0.25, -0.2) is 0 Å². The van der Waals surface area contributed by atoms with Crippen molar-refractivity contribution in [2.75, 3.05) is 46.5 Å². The third-order valence-electron chi connectivity index (χ3n) is 3.82. The monoisotopic (exact) mass is 320 g/mol. The molecular weight excluding hydrogens is 296 g/mol. The summed E-state index contributed by atoms with van der Waals surface area (Å²) in [6, 6.07) is 6.99. The number of Topliss-reactive ketones (excluding diaryl/α,β-unsaturated/α-hetero) is 1. The maximum atomic E-state index is 12.1. The highest BCUT2D eigenvalue weighted by Gasteiger charge is 2.12. The molecule has 0 aromatic heterocycles. The van der Waals surface area contributed by atoms with Crippen LogP contribution in [0.2, 0.25) is 0 Å². The van der Waals surface area contributed by atoms with Crippen LogP contribution in [0.1, 0.15) is 23.2 Å². The average molecular weight is 320 g/mol. The largest absolute Gasteiger partial charge is 0.497 e. The molecule has 1 aromatic carbocycles. The minimum atomic E-state index is -0.0884. The number of hydrogen-bond acceptors (Lipinski definition) is 5. The van der Waals surface area contributed by atoms with E-state index in [2.05, 4.69) is 10.2 Å². The van der Waals surface area contributed by atoms with E-state index in [1.165, 1.54) is 0 Å². The van der Waals surface area contributed by atoms with Crippen molar-refractivity contribution in [3.8, 4) is 5.75 Å². The van der Waals surface area contributed by atoms with Crippen LogP contribution in [0.5, 0.6) is 5.75 Å². The minimum absolute atomic E-state index is 0.0489. The molecule has 1 amide bonds. The van der Waals surface area contributed by atoms with E-state index < -0.39 is 0 Å². The van der Waals surface area contributed by atoms with Crippen molar-refractivity contribution >= 4 is 11.7 Å². The van der Waals surface area contributed by atoms with Gasteiger partial charge in [0.15, 0.2) is 5.78 Å². The molecule has 1 heterocycles. The maximum absolute atomic E-state index is 12.1. The molecule has 0 radical (unpaired) electrons. The summed E-state index contributed by atoms with van der Waals surface area (Å²) in [6.45, 7) is 4.74. The van der Waals surface area contributed by atoms with Gasteiger partial charge in [-0.05, 0) is 12.1 Å². The lowest BCUT2D eigenvalue weighted by molar-refractivity contribution is -0.121. The summed E-state index contributed by atoms with van der Waals surface area (Å²) >= 11 is 0. The van der Waals surface area contributed by atoms with Crippen LogP contribution in [0.4, 0.5) is 0 Å². The second-order valence-electron chi connectivity index (χ2n) is 5.46. The van der Waals surface area contributed by atoms with Gasteiger partial charge < -0.3 is 14.8 Å². The minimum Gasteiger partial charge on any atom is -0.497 e. The topological polar surface area (TPSA) is 67.9 Å². The number of hydrogen-bond donors (Lipinski definition) is 1. The summed E-state index contributed by atoms with van der Waals surface area (Å²) in [5.41, 5.74) is 0.575. The highest BCUT2D eigenvalue weighted by molar-refractivity contribution is 5.98. The summed E-state index contributed by atoms with van der Waals surface area (Å²) in [4.78, 5) is 26.1. The van der Waals surface area contributed by atoms with Gasteiger partial charge in [0.1, 0.15) is 5.75 Å². The first kappa shape index (κ1) is 17.4. The number of amides is 1. The second kappa shape index (κ2) is 9.27. The first-order valence-corrected chi connectivity index (χ1v) is 7.93. The van der Waals surface area contributed by atoms with Crippen molar-refractivity contribution in [2.24, 2.45) is 0 Å². The predicted octanol–water partition coefficient (Wildman–Crippen LogP) is 1.11. The van der Waals surface area contributed by atoms with Crippen molar-refractivity contribution in [2.45, 2.75) is 12.8 Å². The molecule has 1 aliphatic rings. The van der Waals surface area contributed by atoms with E-state index in [0.29, 0.717) is 17.9 Å². The van der Waals surface area contributed by atoms with Gasteiger partial charge in [0, 0.05) is 44.6 Å². The molecule has 0 spiro atoms. The Hall–Kier alpha value is -1.92. The number of rotatable bonds is 8. The van der Waals surface area contributed by atoms with Crippen LogP contribution in [-0.4, -0.2) is 63.1 Å². The molecule has 0 unspecified atom stereocenters. The zero-order valence-corrected chi connectivity index (χ0v) is 13.5. The van der Waals surface area contributed by atoms with Crippen LogP contribution in [0.3, 0.4) is 0 Å². The molecule has 23 heavy (non-hydrogen) atoms. The molecule has 0 saturated carbocycles. The van der Waals surface area contributed by atoms with Crippen molar-refractivity contribution in [3.63, 3.8) is 0 Å². The Labute approximate surface area is 136 Å². The summed E-state index contributed by atoms with van der Waals surface area (Å²) in [7, 11) is 1.56. The Bertz CT molecular complexity index is 527. The third-order valence-corrected chi connectivity index (χ3v) is 3.82. The second-order valence-corrected chi connectivity index (χ2v) is 5.46. The van der Waals surface area contributed by atoms with Gasteiger partial charge in [-0.1, -0.05) is 12.1 Å².